The number of aromatic hydroxyl groups is 1. The van der Waals surface area contributed by atoms with Gasteiger partial charge in [0.2, 0.25) is 0 Å². The van der Waals surface area contributed by atoms with Crippen LogP contribution in [0.25, 0.3) is 0 Å². The Hall–Kier alpha value is -3.91. The highest BCUT2D eigenvalue weighted by molar-refractivity contribution is 6.99. The molecule has 7 heteroatoms. The highest BCUT2D eigenvalue weighted by Gasteiger charge is 2.52. The zero-order valence-corrected chi connectivity index (χ0v) is 28.9. The van der Waals surface area contributed by atoms with Crippen LogP contribution in [-0.4, -0.2) is 55.7 Å². The van der Waals surface area contributed by atoms with E-state index >= 15 is 0 Å². The van der Waals surface area contributed by atoms with Crippen molar-refractivity contribution in [2.24, 2.45) is 0 Å². The Kier molecular flexibility index (Phi) is 10.4. The number of esters is 1. The first-order chi connectivity index (χ1) is 22.0. The standard InChI is InChI=1S/C39H47NO5Si/c1-28(2)44-37-23-29(3)22-36(41)35(37)26-40-25-32(24-31(40)27-43-38(42)30-16-10-7-11-17-30)45-46(39(4,5)6,33-18-12-8-13-19-33)34-20-14-9-15-21-34/h7-23,28,31-32,41H,24-27H2,1-6H3/t31-,32-/m1/s1. The zero-order chi connectivity index (χ0) is 32.9. The predicted molar refractivity (Wildman–Crippen MR) is 187 cm³/mol. The van der Waals surface area contributed by atoms with E-state index in [1.165, 1.54) is 10.4 Å². The highest BCUT2D eigenvalue weighted by Crippen LogP contribution is 2.40. The van der Waals surface area contributed by atoms with Crippen molar-refractivity contribution in [3.63, 3.8) is 0 Å². The summed E-state index contributed by atoms with van der Waals surface area (Å²) in [5.74, 6) is 0.523. The summed E-state index contributed by atoms with van der Waals surface area (Å²) < 4.78 is 19.6. The molecule has 0 aliphatic carbocycles. The number of benzene rings is 4. The fourth-order valence-corrected chi connectivity index (χ4v) is 11.3. The first-order valence-electron chi connectivity index (χ1n) is 16.2. The van der Waals surface area contributed by atoms with Crippen LogP contribution in [0.15, 0.2) is 103 Å². The van der Waals surface area contributed by atoms with Gasteiger partial charge in [-0.2, -0.15) is 0 Å². The molecule has 2 atom stereocenters. The SMILES string of the molecule is Cc1cc(O)c(CN2C[C@H](O[Si](c3ccccc3)(c3ccccc3)C(C)(C)C)C[C@@H]2COC(=O)c2ccccc2)c(OC(C)C)c1. The van der Waals surface area contributed by atoms with E-state index in [1.807, 2.05) is 45.0 Å². The van der Waals surface area contributed by atoms with Crippen LogP contribution in [0.3, 0.4) is 0 Å². The van der Waals surface area contributed by atoms with E-state index in [1.54, 1.807) is 18.2 Å². The van der Waals surface area contributed by atoms with E-state index in [4.69, 9.17) is 13.9 Å². The number of phenolic OH excluding ortho intramolecular Hbond substituents is 1. The first kappa shape index (κ1) is 33.5. The van der Waals surface area contributed by atoms with E-state index in [2.05, 4.69) is 86.3 Å². The summed E-state index contributed by atoms with van der Waals surface area (Å²) in [7, 11) is -2.82. The second kappa shape index (κ2) is 14.2. The second-order valence-corrected chi connectivity index (χ2v) is 17.9. The summed E-state index contributed by atoms with van der Waals surface area (Å²) in [5, 5.41) is 13.4. The van der Waals surface area contributed by atoms with Gasteiger partial charge < -0.3 is 19.0 Å². The first-order valence-corrected chi connectivity index (χ1v) is 18.1. The summed E-state index contributed by atoms with van der Waals surface area (Å²) in [6.07, 6.45) is 0.501. The van der Waals surface area contributed by atoms with Crippen LogP contribution in [0.2, 0.25) is 5.04 Å². The third-order valence-electron chi connectivity index (χ3n) is 8.72. The zero-order valence-electron chi connectivity index (χ0n) is 27.9. The molecule has 0 amide bonds. The van der Waals surface area contributed by atoms with Crippen molar-refractivity contribution in [2.45, 2.75) is 77.8 Å². The molecule has 4 aromatic rings. The van der Waals surface area contributed by atoms with Crippen molar-refractivity contribution in [3.05, 3.63) is 120 Å². The maximum absolute atomic E-state index is 13.0. The molecule has 1 aliphatic rings. The molecule has 0 saturated carbocycles. The van der Waals surface area contributed by atoms with Crippen LogP contribution in [0.5, 0.6) is 11.5 Å². The van der Waals surface area contributed by atoms with Gasteiger partial charge in [0.25, 0.3) is 8.32 Å². The molecule has 0 unspecified atom stereocenters. The molecule has 1 aliphatic heterocycles. The number of hydrogen-bond donors (Lipinski definition) is 1. The lowest BCUT2D eigenvalue weighted by Gasteiger charge is -2.44. The van der Waals surface area contributed by atoms with Gasteiger partial charge in [-0.25, -0.2) is 4.79 Å². The maximum atomic E-state index is 13.0. The molecule has 1 heterocycles. The third kappa shape index (κ3) is 7.38. The van der Waals surface area contributed by atoms with Crippen molar-refractivity contribution in [1.29, 1.82) is 0 Å². The third-order valence-corrected chi connectivity index (χ3v) is 13.8. The van der Waals surface area contributed by atoms with E-state index < -0.39 is 8.32 Å². The van der Waals surface area contributed by atoms with E-state index in [-0.39, 0.29) is 41.6 Å². The number of likely N-dealkylation sites (tertiary alicyclic amines) is 1. The average molecular weight is 638 g/mol. The Morgan fingerprint density at radius 1 is 0.913 bits per heavy atom. The van der Waals surface area contributed by atoms with Gasteiger partial charge in [0.1, 0.15) is 18.1 Å². The Morgan fingerprint density at radius 3 is 2.02 bits per heavy atom. The molecule has 1 saturated heterocycles. The molecule has 0 radical (unpaired) electrons. The van der Waals surface area contributed by atoms with Crippen LogP contribution in [-0.2, 0) is 15.7 Å². The molecule has 0 bridgehead atoms. The minimum Gasteiger partial charge on any atom is -0.507 e. The molecular weight excluding hydrogens is 591 g/mol. The molecule has 0 spiro atoms. The van der Waals surface area contributed by atoms with Crippen molar-refractivity contribution in [2.75, 3.05) is 13.2 Å². The van der Waals surface area contributed by atoms with Gasteiger partial charge in [-0.15, -0.1) is 0 Å². The summed E-state index contributed by atoms with van der Waals surface area (Å²) in [4.78, 5) is 15.3. The molecule has 4 aromatic carbocycles. The topological polar surface area (TPSA) is 68.2 Å². The van der Waals surface area contributed by atoms with E-state index in [0.29, 0.717) is 30.8 Å². The summed E-state index contributed by atoms with van der Waals surface area (Å²) in [5.41, 5.74) is 2.18. The number of nitrogens with zero attached hydrogens (tertiary/aromatic N) is 1. The van der Waals surface area contributed by atoms with Crippen LogP contribution < -0.4 is 15.1 Å². The lowest BCUT2D eigenvalue weighted by atomic mass is 10.1. The minimum atomic E-state index is -2.82. The molecular formula is C39H47NO5Si. The van der Waals surface area contributed by atoms with Gasteiger partial charge in [0.05, 0.1) is 17.8 Å². The van der Waals surface area contributed by atoms with Crippen molar-refractivity contribution in [3.8, 4) is 11.5 Å². The van der Waals surface area contributed by atoms with Crippen LogP contribution in [0, 0.1) is 6.92 Å². The van der Waals surface area contributed by atoms with Crippen LogP contribution >= 0.6 is 0 Å². The number of phenols is 1. The highest BCUT2D eigenvalue weighted by atomic mass is 28.4. The summed E-state index contributed by atoms with van der Waals surface area (Å²) >= 11 is 0. The van der Waals surface area contributed by atoms with E-state index in [9.17, 15) is 9.90 Å². The number of ether oxygens (including phenoxy) is 2. The number of rotatable bonds is 11. The van der Waals surface area contributed by atoms with Gasteiger partial charge >= 0.3 is 5.97 Å². The average Bonchev–Trinajstić information content (AvgIpc) is 3.41. The van der Waals surface area contributed by atoms with Crippen molar-refractivity contribution < 1.29 is 23.8 Å². The molecule has 1 N–H and O–H groups in total. The van der Waals surface area contributed by atoms with Crippen LogP contribution in [0.1, 0.15) is 62.5 Å². The molecule has 5 rings (SSSR count). The fourth-order valence-electron chi connectivity index (χ4n) is 6.65. The Bertz CT molecular complexity index is 1550. The smallest absolute Gasteiger partial charge is 0.338 e. The fraction of sp³-hybridized carbons (Fsp3) is 0.359. The van der Waals surface area contributed by atoms with Gasteiger partial charge in [-0.1, -0.05) is 99.6 Å². The number of carbonyl (C=O) groups is 1. The summed E-state index contributed by atoms with van der Waals surface area (Å²) in [6, 6.07) is 34.0. The maximum Gasteiger partial charge on any atom is 0.338 e. The lowest BCUT2D eigenvalue weighted by molar-refractivity contribution is 0.0388. The number of carbonyl (C=O) groups excluding carboxylic acids is 1. The Labute approximate surface area is 275 Å². The normalized spacial score (nSPS) is 17.3. The number of hydrogen-bond acceptors (Lipinski definition) is 6. The Balaban J connectivity index is 1.50. The molecule has 0 aromatic heterocycles. The van der Waals surface area contributed by atoms with Crippen molar-refractivity contribution in [1.82, 2.24) is 4.90 Å². The molecule has 6 nitrogen and oxygen atoms in total. The minimum absolute atomic E-state index is 0.0487. The Morgan fingerprint density at radius 2 is 1.48 bits per heavy atom. The van der Waals surface area contributed by atoms with Crippen molar-refractivity contribution >= 4 is 24.7 Å². The quantitative estimate of drug-likeness (QED) is 0.143. The molecule has 46 heavy (non-hydrogen) atoms. The van der Waals surface area contributed by atoms with Crippen LogP contribution in [0.4, 0.5) is 0 Å². The number of aryl methyl sites for hydroxylation is 1. The molecule has 1 fully saturated rings. The summed E-state index contributed by atoms with van der Waals surface area (Å²) in [6.45, 7) is 14.0. The van der Waals surface area contributed by atoms with Gasteiger partial charge in [-0.3, -0.25) is 4.90 Å². The lowest BCUT2D eigenvalue weighted by Crippen LogP contribution is -2.67. The monoisotopic (exact) mass is 637 g/mol. The second-order valence-electron chi connectivity index (χ2n) is 13.6. The van der Waals surface area contributed by atoms with Gasteiger partial charge in [-0.05, 0) is 72.4 Å². The molecule has 242 valence electrons. The largest absolute Gasteiger partial charge is 0.507 e. The van der Waals surface area contributed by atoms with Gasteiger partial charge in [0.15, 0.2) is 0 Å². The van der Waals surface area contributed by atoms with Gasteiger partial charge in [0, 0.05) is 24.7 Å². The van der Waals surface area contributed by atoms with E-state index in [0.717, 1.165) is 11.1 Å². The predicted octanol–water partition coefficient (Wildman–Crippen LogP) is 6.86.